The van der Waals surface area contributed by atoms with Gasteiger partial charge in [0.25, 0.3) is 0 Å². The Morgan fingerprint density at radius 1 is 1.35 bits per heavy atom. The van der Waals surface area contributed by atoms with Gasteiger partial charge in [-0.3, -0.25) is 4.79 Å². The fraction of sp³-hybridized carbons (Fsp3) is 0.467. The van der Waals surface area contributed by atoms with E-state index in [1.807, 2.05) is 0 Å². The highest BCUT2D eigenvalue weighted by molar-refractivity contribution is 7.19. The quantitative estimate of drug-likeness (QED) is 0.764. The number of hydrogen-bond donors (Lipinski definition) is 3. The Morgan fingerprint density at radius 3 is 2.78 bits per heavy atom. The molecule has 0 fully saturated rings. The molecule has 0 saturated heterocycles. The first-order chi connectivity index (χ1) is 11.0. The number of aliphatic carboxylic acids is 1. The Hall–Kier alpha value is -2.22. The molecule has 1 aliphatic rings. The lowest BCUT2D eigenvalue weighted by molar-refractivity contribution is -0.139. The van der Waals surface area contributed by atoms with Gasteiger partial charge < -0.3 is 16.2 Å². The number of nitrogens with one attached hydrogen (secondary N) is 1. The predicted octanol–water partition coefficient (Wildman–Crippen LogP) is 1.62. The maximum Gasteiger partial charge on any atom is 0.326 e. The van der Waals surface area contributed by atoms with Gasteiger partial charge in [-0.1, -0.05) is 0 Å². The number of carboxylic acids is 1. The van der Waals surface area contributed by atoms with Crippen LogP contribution in [0.3, 0.4) is 0 Å². The fourth-order valence-electron chi connectivity index (χ4n) is 2.93. The van der Waals surface area contributed by atoms with Crippen molar-refractivity contribution in [3.05, 3.63) is 16.3 Å². The van der Waals surface area contributed by atoms with Crippen LogP contribution in [0, 0.1) is 6.92 Å². The van der Waals surface area contributed by atoms with Crippen molar-refractivity contribution in [2.24, 2.45) is 5.73 Å². The number of aromatic nitrogens is 2. The van der Waals surface area contributed by atoms with Crippen LogP contribution in [0.4, 0.5) is 5.82 Å². The number of rotatable bonds is 5. The summed E-state index contributed by atoms with van der Waals surface area (Å²) in [6.45, 7) is 1.77. The number of primary amides is 1. The first kappa shape index (κ1) is 15.7. The molecule has 8 heteroatoms. The van der Waals surface area contributed by atoms with Crippen molar-refractivity contribution in [1.82, 2.24) is 9.97 Å². The third-order valence-corrected chi connectivity index (χ3v) is 5.13. The summed E-state index contributed by atoms with van der Waals surface area (Å²) in [5.74, 6) is -0.737. The van der Waals surface area contributed by atoms with Gasteiger partial charge in [0.2, 0.25) is 5.91 Å². The average molecular weight is 334 g/mol. The topological polar surface area (TPSA) is 118 Å². The van der Waals surface area contributed by atoms with Crippen molar-refractivity contribution in [1.29, 1.82) is 0 Å². The second-order valence-corrected chi connectivity index (χ2v) is 6.80. The van der Waals surface area contributed by atoms with E-state index in [1.165, 1.54) is 10.4 Å². The van der Waals surface area contributed by atoms with Crippen molar-refractivity contribution in [2.45, 2.75) is 45.1 Å². The Labute approximate surface area is 136 Å². The van der Waals surface area contributed by atoms with Gasteiger partial charge in [0, 0.05) is 4.88 Å². The van der Waals surface area contributed by atoms with E-state index < -0.39 is 17.9 Å². The number of carboxylic acid groups (broad SMARTS) is 1. The molecule has 122 valence electrons. The molecular formula is C15H18N4O3S. The molecule has 2 aromatic rings. The molecule has 2 heterocycles. The molecule has 0 bridgehead atoms. The summed E-state index contributed by atoms with van der Waals surface area (Å²) in [5, 5.41) is 13.1. The van der Waals surface area contributed by atoms with E-state index in [0.29, 0.717) is 11.6 Å². The summed E-state index contributed by atoms with van der Waals surface area (Å²) in [6.07, 6.45) is 3.96. The third-order valence-electron chi connectivity index (χ3n) is 3.94. The lowest BCUT2D eigenvalue weighted by Gasteiger charge is -2.16. The van der Waals surface area contributed by atoms with Crippen LogP contribution in [0.15, 0.2) is 0 Å². The number of anilines is 1. The van der Waals surface area contributed by atoms with Crippen LogP contribution >= 0.6 is 11.3 Å². The van der Waals surface area contributed by atoms with Gasteiger partial charge in [-0.25, -0.2) is 14.8 Å². The molecule has 0 radical (unpaired) electrons. The Bertz CT molecular complexity index is 787. The zero-order chi connectivity index (χ0) is 16.6. The number of amides is 1. The predicted molar refractivity (Wildman–Crippen MR) is 87.7 cm³/mol. The standard InChI is InChI=1S/C15H18N4O3S/c1-7-17-13(19-9(15(21)22)6-11(16)20)12-8-4-2-3-5-10(8)23-14(12)18-7/h9H,2-6H2,1H3,(H2,16,20)(H,21,22)(H,17,18,19)/t9-/m0/s1. The molecule has 1 atom stereocenters. The van der Waals surface area contributed by atoms with Crippen molar-refractivity contribution >= 4 is 39.2 Å². The van der Waals surface area contributed by atoms with E-state index in [-0.39, 0.29) is 6.42 Å². The lowest BCUT2D eigenvalue weighted by atomic mass is 9.97. The van der Waals surface area contributed by atoms with Crippen molar-refractivity contribution in [3.63, 3.8) is 0 Å². The number of fused-ring (bicyclic) bond motifs is 3. The van der Waals surface area contributed by atoms with Gasteiger partial charge in [-0.15, -0.1) is 11.3 Å². The fourth-order valence-corrected chi connectivity index (χ4v) is 4.24. The van der Waals surface area contributed by atoms with Gasteiger partial charge in [0.1, 0.15) is 22.5 Å². The third kappa shape index (κ3) is 3.12. The van der Waals surface area contributed by atoms with E-state index in [9.17, 15) is 14.7 Å². The lowest BCUT2D eigenvalue weighted by Crippen LogP contribution is -2.34. The van der Waals surface area contributed by atoms with E-state index in [4.69, 9.17) is 5.73 Å². The molecular weight excluding hydrogens is 316 g/mol. The molecule has 0 saturated carbocycles. The number of carbonyl (C=O) groups is 2. The van der Waals surface area contributed by atoms with Crippen molar-refractivity contribution in [2.75, 3.05) is 5.32 Å². The first-order valence-electron chi connectivity index (χ1n) is 7.52. The van der Waals surface area contributed by atoms with Crippen molar-refractivity contribution < 1.29 is 14.7 Å². The summed E-state index contributed by atoms with van der Waals surface area (Å²) in [4.78, 5) is 33.5. The summed E-state index contributed by atoms with van der Waals surface area (Å²) >= 11 is 1.65. The van der Waals surface area contributed by atoms with Crippen LogP contribution in [0.25, 0.3) is 10.2 Å². The minimum absolute atomic E-state index is 0.286. The largest absolute Gasteiger partial charge is 0.480 e. The molecule has 3 rings (SSSR count). The molecule has 2 aromatic heterocycles. The zero-order valence-corrected chi connectivity index (χ0v) is 13.6. The molecule has 23 heavy (non-hydrogen) atoms. The smallest absolute Gasteiger partial charge is 0.326 e. The SMILES string of the molecule is Cc1nc(N[C@@H](CC(N)=O)C(=O)O)c2c3c(sc2n1)CCCC3. The second-order valence-electron chi connectivity index (χ2n) is 5.72. The first-order valence-corrected chi connectivity index (χ1v) is 8.34. The Kier molecular flexibility index (Phi) is 4.16. The van der Waals surface area contributed by atoms with E-state index in [0.717, 1.165) is 35.9 Å². The molecule has 7 nitrogen and oxygen atoms in total. The van der Waals surface area contributed by atoms with Crippen LogP contribution in [-0.4, -0.2) is 33.0 Å². The summed E-state index contributed by atoms with van der Waals surface area (Å²) in [7, 11) is 0. The van der Waals surface area contributed by atoms with Crippen LogP contribution in [0.5, 0.6) is 0 Å². The van der Waals surface area contributed by atoms with E-state index in [1.54, 1.807) is 18.3 Å². The highest BCUT2D eigenvalue weighted by Crippen LogP contribution is 2.38. The normalized spacial score (nSPS) is 15.2. The molecule has 4 N–H and O–H groups in total. The number of aryl methyl sites for hydroxylation is 3. The molecule has 1 amide bonds. The minimum Gasteiger partial charge on any atom is -0.480 e. The molecule has 0 aromatic carbocycles. The number of carbonyl (C=O) groups excluding carboxylic acids is 1. The number of thiophene rings is 1. The van der Waals surface area contributed by atoms with Gasteiger partial charge in [0.05, 0.1) is 11.8 Å². The van der Waals surface area contributed by atoms with Gasteiger partial charge in [0.15, 0.2) is 0 Å². The highest BCUT2D eigenvalue weighted by atomic mass is 32.1. The van der Waals surface area contributed by atoms with E-state index in [2.05, 4.69) is 15.3 Å². The Balaban J connectivity index is 2.06. The maximum atomic E-state index is 11.4. The van der Waals surface area contributed by atoms with Gasteiger partial charge in [-0.05, 0) is 38.2 Å². The van der Waals surface area contributed by atoms with Crippen LogP contribution in [0.1, 0.15) is 35.5 Å². The molecule has 0 aliphatic heterocycles. The monoisotopic (exact) mass is 334 g/mol. The van der Waals surface area contributed by atoms with Crippen LogP contribution < -0.4 is 11.1 Å². The molecule has 0 unspecified atom stereocenters. The highest BCUT2D eigenvalue weighted by Gasteiger charge is 2.25. The van der Waals surface area contributed by atoms with Crippen LogP contribution in [-0.2, 0) is 22.4 Å². The summed E-state index contributed by atoms with van der Waals surface area (Å²) in [6, 6.07) is -1.09. The van der Waals surface area contributed by atoms with Gasteiger partial charge >= 0.3 is 5.97 Å². The number of nitrogens with zero attached hydrogens (tertiary/aromatic N) is 2. The Morgan fingerprint density at radius 2 is 2.09 bits per heavy atom. The van der Waals surface area contributed by atoms with Gasteiger partial charge in [-0.2, -0.15) is 0 Å². The minimum atomic E-state index is -1.13. The maximum absolute atomic E-state index is 11.4. The second kappa shape index (κ2) is 6.11. The number of hydrogen-bond acceptors (Lipinski definition) is 6. The number of nitrogens with two attached hydrogens (primary N) is 1. The van der Waals surface area contributed by atoms with Crippen LogP contribution in [0.2, 0.25) is 0 Å². The molecule has 1 aliphatic carbocycles. The summed E-state index contributed by atoms with van der Waals surface area (Å²) < 4.78 is 0. The zero-order valence-electron chi connectivity index (χ0n) is 12.8. The average Bonchev–Trinajstić information content (AvgIpc) is 2.83. The van der Waals surface area contributed by atoms with Crippen molar-refractivity contribution in [3.8, 4) is 0 Å². The molecule has 0 spiro atoms. The summed E-state index contributed by atoms with van der Waals surface area (Å²) in [5.41, 5.74) is 6.36. The van der Waals surface area contributed by atoms with E-state index >= 15 is 0 Å².